The monoisotopic (exact) mass is 278 g/mol. The minimum atomic E-state index is -0.377. The predicted molar refractivity (Wildman–Crippen MR) is 81.4 cm³/mol. The highest BCUT2D eigenvalue weighted by Crippen LogP contribution is 2.20. The van der Waals surface area contributed by atoms with Gasteiger partial charge in [0.2, 0.25) is 0 Å². The maximum absolute atomic E-state index is 10.1. The van der Waals surface area contributed by atoms with E-state index in [4.69, 9.17) is 4.74 Å². The second-order valence-electron chi connectivity index (χ2n) is 6.30. The van der Waals surface area contributed by atoms with E-state index in [-0.39, 0.29) is 6.10 Å². The number of aliphatic hydroxyl groups excluding tert-OH is 1. The number of hydrogen-bond donors (Lipinski definition) is 2. The van der Waals surface area contributed by atoms with Crippen LogP contribution in [0, 0.1) is 19.8 Å². The largest absolute Gasteiger partial charge is 0.490 e. The Morgan fingerprint density at radius 1 is 1.30 bits per heavy atom. The Bertz CT molecular complexity index is 425. The fourth-order valence-electron chi connectivity index (χ4n) is 2.83. The number of piperidine rings is 1. The minimum Gasteiger partial charge on any atom is -0.490 e. The van der Waals surface area contributed by atoms with E-state index in [2.05, 4.69) is 26.8 Å². The van der Waals surface area contributed by atoms with Gasteiger partial charge in [-0.05, 0) is 49.8 Å². The number of aliphatic hydroxyl groups is 1. The first-order valence-electron chi connectivity index (χ1n) is 7.77. The van der Waals surface area contributed by atoms with Crippen molar-refractivity contribution >= 4 is 0 Å². The molecule has 3 nitrogen and oxygen atoms in total. The van der Waals surface area contributed by atoms with Crippen molar-refractivity contribution in [3.8, 4) is 5.75 Å². The summed E-state index contributed by atoms with van der Waals surface area (Å²) >= 11 is 0. The number of ether oxygens (including phenoxy) is 1. The second-order valence-corrected chi connectivity index (χ2v) is 6.30. The molecule has 0 radical (unpaired) electrons. The molecule has 1 aromatic carbocycles. The lowest BCUT2D eigenvalue weighted by atomic mass is 9.99. The van der Waals surface area contributed by atoms with Crippen molar-refractivity contribution in [2.24, 2.45) is 5.92 Å². The van der Waals surface area contributed by atoms with Crippen LogP contribution in [0.25, 0.3) is 0 Å². The molecule has 1 aromatic rings. The highest BCUT2D eigenvalue weighted by Gasteiger charge is 2.21. The number of likely N-dealkylation sites (tertiary alicyclic amines) is 1. The molecule has 112 valence electrons. The first-order valence-corrected chi connectivity index (χ1v) is 7.77. The van der Waals surface area contributed by atoms with E-state index < -0.39 is 0 Å². The molecule has 0 saturated carbocycles. The first kappa shape index (κ1) is 15.3. The number of rotatable bonds is 5. The summed E-state index contributed by atoms with van der Waals surface area (Å²) in [7, 11) is 0. The van der Waals surface area contributed by atoms with Crippen LogP contribution >= 0.6 is 0 Å². The van der Waals surface area contributed by atoms with E-state index in [0.29, 0.717) is 6.61 Å². The van der Waals surface area contributed by atoms with E-state index in [1.165, 1.54) is 42.0 Å². The van der Waals surface area contributed by atoms with Crippen LogP contribution < -0.4 is 9.64 Å². The summed E-state index contributed by atoms with van der Waals surface area (Å²) in [5.41, 5.74) is 2.39. The molecule has 0 aliphatic carbocycles. The van der Waals surface area contributed by atoms with Crippen LogP contribution in [0.1, 0.15) is 30.9 Å². The highest BCUT2D eigenvalue weighted by molar-refractivity contribution is 5.38. The maximum atomic E-state index is 10.1. The van der Waals surface area contributed by atoms with Gasteiger partial charge in [-0.2, -0.15) is 0 Å². The summed E-state index contributed by atoms with van der Waals surface area (Å²) in [5.74, 6) is 1.74. The zero-order chi connectivity index (χ0) is 14.5. The van der Waals surface area contributed by atoms with Crippen molar-refractivity contribution in [1.29, 1.82) is 0 Å². The summed E-state index contributed by atoms with van der Waals surface area (Å²) in [5, 5.41) is 10.1. The number of benzene rings is 1. The van der Waals surface area contributed by atoms with Crippen molar-refractivity contribution in [3.63, 3.8) is 0 Å². The van der Waals surface area contributed by atoms with Gasteiger partial charge in [0.25, 0.3) is 0 Å². The molecule has 1 heterocycles. The molecule has 20 heavy (non-hydrogen) atoms. The van der Waals surface area contributed by atoms with E-state index in [1.54, 1.807) is 0 Å². The molecule has 0 amide bonds. The first-order chi connectivity index (χ1) is 9.56. The number of hydrogen-bond acceptors (Lipinski definition) is 2. The molecule has 0 unspecified atom stereocenters. The van der Waals surface area contributed by atoms with E-state index >= 15 is 0 Å². The van der Waals surface area contributed by atoms with Crippen LogP contribution in [0.5, 0.6) is 5.75 Å². The lowest BCUT2D eigenvalue weighted by Crippen LogP contribution is -3.14. The lowest BCUT2D eigenvalue weighted by Gasteiger charge is -2.28. The van der Waals surface area contributed by atoms with Crippen molar-refractivity contribution in [1.82, 2.24) is 0 Å². The Morgan fingerprint density at radius 2 is 2.00 bits per heavy atom. The second kappa shape index (κ2) is 7.09. The molecular weight excluding hydrogens is 250 g/mol. The average molecular weight is 278 g/mol. The number of aryl methyl sites for hydroxylation is 1. The molecule has 2 rings (SSSR count). The molecule has 1 atom stereocenters. The van der Waals surface area contributed by atoms with Gasteiger partial charge in [-0.25, -0.2) is 0 Å². The van der Waals surface area contributed by atoms with Gasteiger partial charge >= 0.3 is 0 Å². The molecule has 0 bridgehead atoms. The van der Waals surface area contributed by atoms with E-state index in [9.17, 15) is 5.11 Å². The molecule has 0 aromatic heterocycles. The van der Waals surface area contributed by atoms with Gasteiger partial charge in [0.1, 0.15) is 25.0 Å². The zero-order valence-corrected chi connectivity index (χ0v) is 13.0. The van der Waals surface area contributed by atoms with Gasteiger partial charge in [0, 0.05) is 0 Å². The van der Waals surface area contributed by atoms with Crippen LogP contribution in [0.4, 0.5) is 0 Å². The van der Waals surface area contributed by atoms with Crippen molar-refractivity contribution in [2.45, 2.75) is 39.7 Å². The molecule has 1 aliphatic heterocycles. The summed E-state index contributed by atoms with van der Waals surface area (Å²) in [4.78, 5) is 1.51. The normalized spacial score (nSPS) is 24.4. The summed E-state index contributed by atoms with van der Waals surface area (Å²) in [6, 6.07) is 6.06. The summed E-state index contributed by atoms with van der Waals surface area (Å²) in [6.45, 7) is 10.0. The van der Waals surface area contributed by atoms with Crippen molar-refractivity contribution in [2.75, 3.05) is 26.2 Å². The van der Waals surface area contributed by atoms with Gasteiger partial charge < -0.3 is 14.7 Å². The third-order valence-electron chi connectivity index (χ3n) is 4.49. The SMILES string of the molecule is Cc1cccc(OC[C@@H](O)C[NH+]2CCC(C)CC2)c1C. The Labute approximate surface area is 122 Å². The number of quaternary nitrogens is 1. The molecule has 1 fully saturated rings. The smallest absolute Gasteiger partial charge is 0.137 e. The third kappa shape index (κ3) is 4.22. The van der Waals surface area contributed by atoms with Crippen LogP contribution in [0.15, 0.2) is 18.2 Å². The fourth-order valence-corrected chi connectivity index (χ4v) is 2.83. The van der Waals surface area contributed by atoms with Crippen molar-refractivity contribution in [3.05, 3.63) is 29.3 Å². The Morgan fingerprint density at radius 3 is 2.70 bits per heavy atom. The lowest BCUT2D eigenvalue weighted by molar-refractivity contribution is -0.909. The quantitative estimate of drug-likeness (QED) is 0.853. The molecule has 3 heteroatoms. The highest BCUT2D eigenvalue weighted by atomic mass is 16.5. The summed E-state index contributed by atoms with van der Waals surface area (Å²) in [6.07, 6.45) is 2.18. The third-order valence-corrected chi connectivity index (χ3v) is 4.49. The van der Waals surface area contributed by atoms with Gasteiger partial charge in [0.05, 0.1) is 13.1 Å². The minimum absolute atomic E-state index is 0.377. The molecule has 1 aliphatic rings. The zero-order valence-electron chi connectivity index (χ0n) is 13.0. The maximum Gasteiger partial charge on any atom is 0.137 e. The Balaban J connectivity index is 1.77. The average Bonchev–Trinajstić information content (AvgIpc) is 2.43. The van der Waals surface area contributed by atoms with Crippen LogP contribution in [-0.2, 0) is 0 Å². The fraction of sp³-hybridized carbons (Fsp3) is 0.647. The molecular formula is C17H28NO2+. The van der Waals surface area contributed by atoms with Crippen LogP contribution in [0.3, 0.4) is 0 Å². The van der Waals surface area contributed by atoms with Gasteiger partial charge in [-0.1, -0.05) is 19.1 Å². The number of nitrogens with one attached hydrogen (secondary N) is 1. The molecule has 2 N–H and O–H groups in total. The Kier molecular flexibility index (Phi) is 5.44. The topological polar surface area (TPSA) is 33.9 Å². The van der Waals surface area contributed by atoms with Gasteiger partial charge in [-0.3, -0.25) is 0 Å². The van der Waals surface area contributed by atoms with Crippen LogP contribution in [0.2, 0.25) is 0 Å². The molecule has 1 saturated heterocycles. The summed E-state index contributed by atoms with van der Waals surface area (Å²) < 4.78 is 5.78. The van der Waals surface area contributed by atoms with Gasteiger partial charge in [0.15, 0.2) is 0 Å². The molecule has 0 spiro atoms. The van der Waals surface area contributed by atoms with Crippen LogP contribution in [-0.4, -0.2) is 37.5 Å². The van der Waals surface area contributed by atoms with E-state index in [0.717, 1.165) is 18.2 Å². The predicted octanol–water partition coefficient (Wildman–Crippen LogP) is 1.36. The van der Waals surface area contributed by atoms with E-state index in [1.807, 2.05) is 12.1 Å². The van der Waals surface area contributed by atoms with Gasteiger partial charge in [-0.15, -0.1) is 0 Å². The Hall–Kier alpha value is -1.06. The standard InChI is InChI=1S/C17H27NO2/c1-13-7-9-18(10-8-13)11-16(19)12-20-17-6-4-5-14(2)15(17)3/h4-6,13,16,19H,7-12H2,1-3H3/p+1/t16-/m0/s1. The van der Waals surface area contributed by atoms with Crippen molar-refractivity contribution < 1.29 is 14.7 Å².